The van der Waals surface area contributed by atoms with Gasteiger partial charge < -0.3 is 19.1 Å². The van der Waals surface area contributed by atoms with Gasteiger partial charge in [-0.2, -0.15) is 0 Å². The van der Waals surface area contributed by atoms with Crippen molar-refractivity contribution in [3.63, 3.8) is 0 Å². The van der Waals surface area contributed by atoms with Gasteiger partial charge in [0.1, 0.15) is 11.6 Å². The Kier molecular flexibility index (Phi) is 9.18. The van der Waals surface area contributed by atoms with E-state index in [9.17, 15) is 9.59 Å². The van der Waals surface area contributed by atoms with Crippen LogP contribution in [0.2, 0.25) is 0 Å². The highest BCUT2D eigenvalue weighted by atomic mass is 16.5. The van der Waals surface area contributed by atoms with Crippen LogP contribution in [0.5, 0.6) is 5.75 Å². The van der Waals surface area contributed by atoms with Gasteiger partial charge in [0.15, 0.2) is 0 Å². The van der Waals surface area contributed by atoms with Crippen LogP contribution in [0.25, 0.3) is 10.9 Å². The molecule has 1 unspecified atom stereocenters. The maximum Gasteiger partial charge on any atom is 0.261 e. The zero-order valence-electron chi connectivity index (χ0n) is 20.3. The number of ether oxygens (including phenoxy) is 3. The summed E-state index contributed by atoms with van der Waals surface area (Å²) in [6.45, 7) is 3.64. The van der Waals surface area contributed by atoms with E-state index in [2.05, 4.69) is 0 Å². The van der Waals surface area contributed by atoms with Crippen molar-refractivity contribution in [3.8, 4) is 5.75 Å². The molecule has 0 aliphatic rings. The van der Waals surface area contributed by atoms with Crippen molar-refractivity contribution in [2.45, 2.75) is 32.4 Å². The van der Waals surface area contributed by atoms with Crippen LogP contribution >= 0.6 is 0 Å². The van der Waals surface area contributed by atoms with Crippen molar-refractivity contribution < 1.29 is 19.0 Å². The SMILES string of the molecule is COCCCN(C(=O)Cc1ccc(OC)cc1)C(C)c1nc2ccccc2c(=O)n1CCOC. The minimum absolute atomic E-state index is 0.0468. The molecule has 0 saturated heterocycles. The molecule has 0 aliphatic heterocycles. The lowest BCUT2D eigenvalue weighted by atomic mass is 10.1. The predicted molar refractivity (Wildman–Crippen MR) is 131 cm³/mol. The molecule has 3 rings (SSSR count). The highest BCUT2D eigenvalue weighted by Crippen LogP contribution is 2.22. The molecule has 0 aliphatic carbocycles. The summed E-state index contributed by atoms with van der Waals surface area (Å²) in [5.74, 6) is 1.24. The van der Waals surface area contributed by atoms with Crippen LogP contribution in [0, 0.1) is 0 Å². The molecular weight excluding hydrogens is 434 g/mol. The number of hydrogen-bond donors (Lipinski definition) is 0. The molecule has 8 nitrogen and oxygen atoms in total. The Bertz CT molecular complexity index is 1140. The highest BCUT2D eigenvalue weighted by molar-refractivity contribution is 5.80. The van der Waals surface area contributed by atoms with Gasteiger partial charge in [-0.3, -0.25) is 14.2 Å². The zero-order chi connectivity index (χ0) is 24.5. The number of fused-ring (bicyclic) bond motifs is 1. The van der Waals surface area contributed by atoms with Crippen molar-refractivity contribution in [2.24, 2.45) is 0 Å². The number of methoxy groups -OCH3 is 3. The maximum absolute atomic E-state index is 13.5. The zero-order valence-corrected chi connectivity index (χ0v) is 20.3. The van der Waals surface area contributed by atoms with Gasteiger partial charge in [-0.1, -0.05) is 24.3 Å². The van der Waals surface area contributed by atoms with Crippen LogP contribution in [-0.4, -0.2) is 61.4 Å². The number of rotatable bonds is 12. The number of para-hydroxylation sites is 1. The Hall–Kier alpha value is -3.23. The molecule has 8 heteroatoms. The molecule has 1 aromatic heterocycles. The van der Waals surface area contributed by atoms with Crippen LogP contribution in [0.1, 0.15) is 30.8 Å². The van der Waals surface area contributed by atoms with E-state index in [4.69, 9.17) is 19.2 Å². The van der Waals surface area contributed by atoms with Gasteiger partial charge in [0.05, 0.1) is 43.6 Å². The van der Waals surface area contributed by atoms with E-state index in [1.807, 2.05) is 49.4 Å². The number of aromatic nitrogens is 2. The first kappa shape index (κ1) is 25.4. The second kappa shape index (κ2) is 12.3. The summed E-state index contributed by atoms with van der Waals surface area (Å²) in [6, 6.07) is 14.3. The van der Waals surface area contributed by atoms with Gasteiger partial charge in [-0.15, -0.1) is 0 Å². The fourth-order valence-electron chi connectivity index (χ4n) is 3.98. The fourth-order valence-corrected chi connectivity index (χ4v) is 3.98. The minimum atomic E-state index is -0.420. The third-order valence-electron chi connectivity index (χ3n) is 5.83. The van der Waals surface area contributed by atoms with E-state index in [1.54, 1.807) is 36.9 Å². The topological polar surface area (TPSA) is 82.9 Å². The molecule has 0 saturated carbocycles. The van der Waals surface area contributed by atoms with E-state index in [1.165, 1.54) is 0 Å². The van der Waals surface area contributed by atoms with Crippen LogP contribution in [-0.2, 0) is 27.2 Å². The quantitative estimate of drug-likeness (QED) is 0.381. The van der Waals surface area contributed by atoms with Gasteiger partial charge in [-0.25, -0.2) is 4.98 Å². The molecule has 0 radical (unpaired) electrons. The van der Waals surface area contributed by atoms with Crippen LogP contribution in [0.15, 0.2) is 53.3 Å². The predicted octanol–water partition coefficient (Wildman–Crippen LogP) is 3.22. The first-order chi connectivity index (χ1) is 16.5. The van der Waals surface area contributed by atoms with Crippen molar-refractivity contribution >= 4 is 16.8 Å². The number of hydrogen-bond acceptors (Lipinski definition) is 6. The molecular formula is C26H33N3O5. The van der Waals surface area contributed by atoms with Crippen molar-refractivity contribution in [1.82, 2.24) is 14.5 Å². The Morgan fingerprint density at radius 1 is 1.03 bits per heavy atom. The second-order valence-corrected chi connectivity index (χ2v) is 8.07. The molecule has 0 N–H and O–H groups in total. The van der Waals surface area contributed by atoms with Crippen LogP contribution < -0.4 is 10.3 Å². The lowest BCUT2D eigenvalue weighted by Crippen LogP contribution is -2.39. The summed E-state index contributed by atoms with van der Waals surface area (Å²) in [6.07, 6.45) is 0.905. The number of benzene rings is 2. The number of carbonyl (C=O) groups excluding carboxylic acids is 1. The second-order valence-electron chi connectivity index (χ2n) is 8.07. The van der Waals surface area contributed by atoms with Gasteiger partial charge >= 0.3 is 0 Å². The average molecular weight is 468 g/mol. The van der Waals surface area contributed by atoms with Gasteiger partial charge in [0.25, 0.3) is 5.56 Å². The molecule has 182 valence electrons. The molecule has 1 atom stereocenters. The van der Waals surface area contributed by atoms with E-state index >= 15 is 0 Å². The standard InChI is InChI=1S/C26H33N3O5/c1-19(25-27-23-9-6-5-8-22(23)26(31)29(25)15-17-33-3)28(14-7-16-32-2)24(30)18-20-10-12-21(34-4)13-11-20/h5-6,8-13,19H,7,14-18H2,1-4H3. The smallest absolute Gasteiger partial charge is 0.261 e. The number of nitrogens with zero attached hydrogens (tertiary/aromatic N) is 3. The largest absolute Gasteiger partial charge is 0.497 e. The molecule has 34 heavy (non-hydrogen) atoms. The molecule has 2 aromatic carbocycles. The van der Waals surface area contributed by atoms with E-state index in [0.717, 1.165) is 11.3 Å². The average Bonchev–Trinajstić information content (AvgIpc) is 2.86. The minimum Gasteiger partial charge on any atom is -0.497 e. The Labute approximate surface area is 200 Å². The summed E-state index contributed by atoms with van der Waals surface area (Å²) in [4.78, 5) is 33.4. The summed E-state index contributed by atoms with van der Waals surface area (Å²) in [5, 5.41) is 0.546. The molecule has 0 spiro atoms. The molecule has 3 aromatic rings. The molecule has 1 amide bonds. The lowest BCUT2D eigenvalue weighted by Gasteiger charge is -2.31. The van der Waals surface area contributed by atoms with Gasteiger partial charge in [-0.05, 0) is 43.2 Å². The summed E-state index contributed by atoms with van der Waals surface area (Å²) in [5.41, 5.74) is 1.37. The van der Waals surface area contributed by atoms with E-state index < -0.39 is 6.04 Å². The summed E-state index contributed by atoms with van der Waals surface area (Å²) >= 11 is 0. The molecule has 0 bridgehead atoms. The number of carbonyl (C=O) groups is 1. The fraction of sp³-hybridized carbons (Fsp3) is 0.423. The van der Waals surface area contributed by atoms with Gasteiger partial charge in [0, 0.05) is 27.4 Å². The Balaban J connectivity index is 1.98. The van der Waals surface area contributed by atoms with Crippen LogP contribution in [0.4, 0.5) is 0 Å². The van der Waals surface area contributed by atoms with Crippen molar-refractivity contribution in [3.05, 3.63) is 70.3 Å². The third-order valence-corrected chi connectivity index (χ3v) is 5.83. The maximum atomic E-state index is 13.5. The normalized spacial score (nSPS) is 12.0. The van der Waals surface area contributed by atoms with Crippen LogP contribution in [0.3, 0.4) is 0 Å². The Morgan fingerprint density at radius 3 is 2.41 bits per heavy atom. The summed E-state index contributed by atoms with van der Waals surface area (Å²) in [7, 11) is 4.84. The molecule has 0 fully saturated rings. The van der Waals surface area contributed by atoms with Crippen molar-refractivity contribution in [1.29, 1.82) is 0 Å². The highest BCUT2D eigenvalue weighted by Gasteiger charge is 2.26. The molecule has 1 heterocycles. The number of amides is 1. The lowest BCUT2D eigenvalue weighted by molar-refractivity contribution is -0.133. The van der Waals surface area contributed by atoms with E-state index in [-0.39, 0.29) is 17.9 Å². The first-order valence-electron chi connectivity index (χ1n) is 11.4. The summed E-state index contributed by atoms with van der Waals surface area (Å²) < 4.78 is 17.3. The van der Waals surface area contributed by atoms with Crippen molar-refractivity contribution in [2.75, 3.05) is 41.1 Å². The monoisotopic (exact) mass is 467 g/mol. The third kappa shape index (κ3) is 6.01. The first-order valence-corrected chi connectivity index (χ1v) is 11.4. The van der Waals surface area contributed by atoms with E-state index in [0.29, 0.717) is 49.5 Å². The van der Waals surface area contributed by atoms with Gasteiger partial charge in [0.2, 0.25) is 5.91 Å². The Morgan fingerprint density at radius 2 is 1.74 bits per heavy atom.